The number of ether oxygens (including phenoxy) is 1. The van der Waals surface area contributed by atoms with E-state index in [-0.39, 0.29) is 11.2 Å². The molecule has 1 aromatic carbocycles. The quantitative estimate of drug-likeness (QED) is 0.721. The van der Waals surface area contributed by atoms with Crippen molar-refractivity contribution in [1.82, 2.24) is 9.55 Å². The number of anilines is 1. The highest BCUT2D eigenvalue weighted by molar-refractivity contribution is 8.00. The van der Waals surface area contributed by atoms with Crippen molar-refractivity contribution in [3.8, 4) is 0 Å². The molecule has 1 aromatic heterocycles. The van der Waals surface area contributed by atoms with Crippen LogP contribution < -0.4 is 4.90 Å². The van der Waals surface area contributed by atoms with Crippen molar-refractivity contribution >= 4 is 23.4 Å². The second-order valence-electron chi connectivity index (χ2n) is 5.70. The van der Waals surface area contributed by atoms with Gasteiger partial charge < -0.3 is 14.2 Å². The lowest BCUT2D eigenvalue weighted by Crippen LogP contribution is -2.33. The van der Waals surface area contributed by atoms with E-state index >= 15 is 0 Å². The van der Waals surface area contributed by atoms with Crippen LogP contribution in [0.5, 0.6) is 0 Å². The summed E-state index contributed by atoms with van der Waals surface area (Å²) in [6.45, 7) is 7.32. The number of carbonyl (C=O) groups is 1. The standard InChI is InChI=1S/C18H25N3O2S/c1-13-14(2)21(11-12-23-5)18(19-13)24-15(3)17(22)20(4)16-9-7-6-8-10-16/h6-10,15H,11-12H2,1-5H3/t15-/m0/s1. The topological polar surface area (TPSA) is 47.4 Å². The van der Waals surface area contributed by atoms with Gasteiger partial charge in [-0.05, 0) is 32.9 Å². The highest BCUT2D eigenvalue weighted by Crippen LogP contribution is 2.27. The molecule has 24 heavy (non-hydrogen) atoms. The first-order valence-electron chi connectivity index (χ1n) is 7.97. The number of methoxy groups -OCH3 is 1. The number of aryl methyl sites for hydroxylation is 1. The molecule has 5 nitrogen and oxygen atoms in total. The summed E-state index contributed by atoms with van der Waals surface area (Å²) in [4.78, 5) is 19.0. The van der Waals surface area contributed by atoms with Gasteiger partial charge in [0.05, 0.1) is 17.6 Å². The summed E-state index contributed by atoms with van der Waals surface area (Å²) in [5.74, 6) is 0.0581. The minimum Gasteiger partial charge on any atom is -0.383 e. The number of nitrogens with zero attached hydrogens (tertiary/aromatic N) is 3. The van der Waals surface area contributed by atoms with Crippen LogP contribution in [0.1, 0.15) is 18.3 Å². The number of benzene rings is 1. The molecule has 0 unspecified atom stereocenters. The molecule has 130 valence electrons. The van der Waals surface area contributed by atoms with Gasteiger partial charge >= 0.3 is 0 Å². The molecule has 1 amide bonds. The van der Waals surface area contributed by atoms with E-state index in [0.717, 1.165) is 28.8 Å². The average molecular weight is 347 g/mol. The Balaban J connectivity index is 2.13. The van der Waals surface area contributed by atoms with Crippen molar-refractivity contribution < 1.29 is 9.53 Å². The zero-order valence-corrected chi connectivity index (χ0v) is 15.8. The summed E-state index contributed by atoms with van der Waals surface area (Å²) in [7, 11) is 3.50. The van der Waals surface area contributed by atoms with E-state index in [0.29, 0.717) is 6.61 Å². The molecule has 6 heteroatoms. The minimum atomic E-state index is -0.224. The van der Waals surface area contributed by atoms with Crippen LogP contribution in [0.2, 0.25) is 0 Å². The predicted molar refractivity (Wildman–Crippen MR) is 98.7 cm³/mol. The van der Waals surface area contributed by atoms with E-state index in [4.69, 9.17) is 4.74 Å². The first kappa shape index (κ1) is 18.5. The molecule has 2 rings (SSSR count). The number of aromatic nitrogens is 2. The van der Waals surface area contributed by atoms with E-state index in [9.17, 15) is 4.79 Å². The number of hydrogen-bond acceptors (Lipinski definition) is 4. The molecular formula is C18H25N3O2S. The monoisotopic (exact) mass is 347 g/mol. The van der Waals surface area contributed by atoms with Gasteiger partial charge in [-0.2, -0.15) is 0 Å². The van der Waals surface area contributed by atoms with Gasteiger partial charge in [-0.25, -0.2) is 4.98 Å². The Bertz CT molecular complexity index is 685. The fourth-order valence-electron chi connectivity index (χ4n) is 2.42. The molecule has 2 aromatic rings. The Kier molecular flexibility index (Phi) is 6.45. The van der Waals surface area contributed by atoms with Crippen LogP contribution in [0, 0.1) is 13.8 Å². The van der Waals surface area contributed by atoms with Crippen LogP contribution in [0.15, 0.2) is 35.5 Å². The first-order chi connectivity index (χ1) is 11.5. The zero-order valence-electron chi connectivity index (χ0n) is 14.9. The summed E-state index contributed by atoms with van der Waals surface area (Å²) in [6, 6.07) is 9.67. The normalized spacial score (nSPS) is 12.2. The van der Waals surface area contributed by atoms with E-state index in [1.54, 1.807) is 12.0 Å². The van der Waals surface area contributed by atoms with Gasteiger partial charge in [-0.3, -0.25) is 4.79 Å². The number of imidazole rings is 1. The Hall–Kier alpha value is -1.79. The third-order valence-corrected chi connectivity index (χ3v) is 5.12. The van der Waals surface area contributed by atoms with Gasteiger partial charge in [0, 0.05) is 32.1 Å². The summed E-state index contributed by atoms with van der Waals surface area (Å²) < 4.78 is 7.30. The molecule has 0 saturated heterocycles. The summed E-state index contributed by atoms with van der Waals surface area (Å²) in [6.07, 6.45) is 0. The molecule has 1 heterocycles. The lowest BCUT2D eigenvalue weighted by atomic mass is 10.3. The lowest BCUT2D eigenvalue weighted by Gasteiger charge is -2.21. The third-order valence-electron chi connectivity index (χ3n) is 4.05. The molecular weight excluding hydrogens is 322 g/mol. The maximum absolute atomic E-state index is 12.7. The fraction of sp³-hybridized carbons (Fsp3) is 0.444. The molecule has 0 bridgehead atoms. The second-order valence-corrected chi connectivity index (χ2v) is 7.01. The van der Waals surface area contributed by atoms with Crippen molar-refractivity contribution in [2.75, 3.05) is 25.7 Å². The molecule has 0 aliphatic rings. The van der Waals surface area contributed by atoms with Gasteiger partial charge in [0.2, 0.25) is 5.91 Å². The molecule has 0 N–H and O–H groups in total. The van der Waals surface area contributed by atoms with Gasteiger partial charge in [-0.1, -0.05) is 30.0 Å². The SMILES string of the molecule is COCCn1c(S[C@@H](C)C(=O)N(C)c2ccccc2)nc(C)c1C. The number of carbonyl (C=O) groups excluding carboxylic acids is 1. The average Bonchev–Trinajstić information content (AvgIpc) is 2.86. The molecule has 0 saturated carbocycles. The van der Waals surface area contributed by atoms with Crippen LogP contribution in [-0.4, -0.2) is 41.5 Å². The minimum absolute atomic E-state index is 0.0581. The van der Waals surface area contributed by atoms with E-state index in [1.165, 1.54) is 11.8 Å². The highest BCUT2D eigenvalue weighted by atomic mass is 32.2. The number of rotatable bonds is 7. The smallest absolute Gasteiger partial charge is 0.240 e. The summed E-state index contributed by atoms with van der Waals surface area (Å²) in [5.41, 5.74) is 3.00. The summed E-state index contributed by atoms with van der Waals surface area (Å²) >= 11 is 1.49. The summed E-state index contributed by atoms with van der Waals surface area (Å²) in [5, 5.41) is 0.641. The van der Waals surface area contributed by atoms with Gasteiger partial charge in [0.25, 0.3) is 0 Å². The molecule has 0 spiro atoms. The van der Waals surface area contributed by atoms with Crippen LogP contribution in [0.3, 0.4) is 0 Å². The Morgan fingerprint density at radius 2 is 2.00 bits per heavy atom. The first-order valence-corrected chi connectivity index (χ1v) is 8.85. The second kappa shape index (κ2) is 8.35. The Morgan fingerprint density at radius 3 is 2.62 bits per heavy atom. The lowest BCUT2D eigenvalue weighted by molar-refractivity contribution is -0.117. The van der Waals surface area contributed by atoms with Crippen molar-refractivity contribution in [1.29, 1.82) is 0 Å². The molecule has 0 radical (unpaired) electrons. The highest BCUT2D eigenvalue weighted by Gasteiger charge is 2.23. The maximum Gasteiger partial charge on any atom is 0.240 e. The fourth-order valence-corrected chi connectivity index (χ4v) is 3.54. The third kappa shape index (κ3) is 4.19. The van der Waals surface area contributed by atoms with Gasteiger partial charge in [-0.15, -0.1) is 0 Å². The van der Waals surface area contributed by atoms with Crippen LogP contribution >= 0.6 is 11.8 Å². The molecule has 0 aliphatic heterocycles. The zero-order chi connectivity index (χ0) is 17.7. The number of hydrogen-bond donors (Lipinski definition) is 0. The van der Waals surface area contributed by atoms with Crippen LogP contribution in [0.25, 0.3) is 0 Å². The Labute approximate surface area is 148 Å². The van der Waals surface area contributed by atoms with Gasteiger partial charge in [0.1, 0.15) is 0 Å². The van der Waals surface area contributed by atoms with Crippen molar-refractivity contribution in [3.63, 3.8) is 0 Å². The largest absolute Gasteiger partial charge is 0.383 e. The van der Waals surface area contributed by atoms with Crippen LogP contribution in [0.4, 0.5) is 5.69 Å². The number of para-hydroxylation sites is 1. The predicted octanol–water partition coefficient (Wildman–Crippen LogP) is 3.29. The number of thioether (sulfide) groups is 1. The Morgan fingerprint density at radius 1 is 1.33 bits per heavy atom. The molecule has 0 fully saturated rings. The number of amides is 1. The van der Waals surface area contributed by atoms with Crippen LogP contribution in [-0.2, 0) is 16.1 Å². The van der Waals surface area contributed by atoms with E-state index in [2.05, 4.69) is 9.55 Å². The van der Waals surface area contributed by atoms with Gasteiger partial charge in [0.15, 0.2) is 5.16 Å². The van der Waals surface area contributed by atoms with E-state index in [1.807, 2.05) is 58.2 Å². The van der Waals surface area contributed by atoms with E-state index < -0.39 is 0 Å². The molecule has 0 aliphatic carbocycles. The van der Waals surface area contributed by atoms with Crippen molar-refractivity contribution in [2.24, 2.45) is 0 Å². The van der Waals surface area contributed by atoms with Crippen molar-refractivity contribution in [2.45, 2.75) is 37.7 Å². The molecule has 1 atom stereocenters. The van der Waals surface area contributed by atoms with Crippen molar-refractivity contribution in [3.05, 3.63) is 41.7 Å². The maximum atomic E-state index is 12.7.